The first-order valence-electron chi connectivity index (χ1n) is 7.21. The predicted molar refractivity (Wildman–Crippen MR) is 80.3 cm³/mol. The van der Waals surface area contributed by atoms with Crippen molar-refractivity contribution in [3.8, 4) is 11.5 Å². The lowest BCUT2D eigenvalue weighted by atomic mass is 10.2. The van der Waals surface area contributed by atoms with Gasteiger partial charge in [0.1, 0.15) is 0 Å². The highest BCUT2D eigenvalue weighted by atomic mass is 79.9. The maximum absolute atomic E-state index is 9.19. The lowest BCUT2D eigenvalue weighted by Gasteiger charge is -2.22. The van der Waals surface area contributed by atoms with Gasteiger partial charge < -0.3 is 14.6 Å². The summed E-state index contributed by atoms with van der Waals surface area (Å²) >= 11 is 3.63. The second-order valence-corrected chi connectivity index (χ2v) is 6.22. The third-order valence-electron chi connectivity index (χ3n) is 3.74. The molecule has 2 aliphatic rings. The van der Waals surface area contributed by atoms with E-state index in [0.29, 0.717) is 19.3 Å². The van der Waals surface area contributed by atoms with E-state index in [0.717, 1.165) is 35.5 Å². The van der Waals surface area contributed by atoms with E-state index in [-0.39, 0.29) is 6.61 Å². The number of hydrogen-bond donors (Lipinski definition) is 1. The molecule has 1 heterocycles. The number of fused-ring (bicyclic) bond motifs is 1. The number of rotatable bonds is 5. The largest absolute Gasteiger partial charge is 0.490 e. The number of halogens is 1. The zero-order chi connectivity index (χ0) is 13.9. The summed E-state index contributed by atoms with van der Waals surface area (Å²) in [6, 6.07) is 4.70. The van der Waals surface area contributed by atoms with Crippen molar-refractivity contribution in [1.82, 2.24) is 4.90 Å². The molecule has 1 aliphatic heterocycles. The summed E-state index contributed by atoms with van der Waals surface area (Å²) in [5.41, 5.74) is 1.19. The van der Waals surface area contributed by atoms with Crippen molar-refractivity contribution in [1.29, 1.82) is 0 Å². The fraction of sp³-hybridized carbons (Fsp3) is 0.600. The average molecular weight is 342 g/mol. The lowest BCUT2D eigenvalue weighted by molar-refractivity contribution is 0.183. The van der Waals surface area contributed by atoms with Crippen LogP contribution in [0.25, 0.3) is 0 Å². The second-order valence-electron chi connectivity index (χ2n) is 5.37. The van der Waals surface area contributed by atoms with Gasteiger partial charge in [-0.2, -0.15) is 0 Å². The summed E-state index contributed by atoms with van der Waals surface area (Å²) in [5.74, 6) is 1.65. The van der Waals surface area contributed by atoms with Crippen LogP contribution in [0.4, 0.5) is 0 Å². The molecule has 0 spiro atoms. The SMILES string of the molecule is OCCN(Cc1cc2c(cc1Br)OCCCO2)C1CC1. The standard InChI is InChI=1S/C15H20BrNO3/c16-13-9-15-14(19-6-1-7-20-15)8-11(13)10-17(4-5-18)12-2-3-12/h8-9,12,18H,1-7,10H2. The Morgan fingerprint density at radius 3 is 2.55 bits per heavy atom. The molecular formula is C15H20BrNO3. The van der Waals surface area contributed by atoms with Gasteiger partial charge in [0.05, 0.1) is 19.8 Å². The molecule has 1 fully saturated rings. The van der Waals surface area contributed by atoms with Gasteiger partial charge in [0.25, 0.3) is 0 Å². The van der Waals surface area contributed by atoms with Crippen molar-refractivity contribution in [2.45, 2.75) is 31.8 Å². The Bertz CT molecular complexity index is 476. The maximum Gasteiger partial charge on any atom is 0.162 e. The minimum Gasteiger partial charge on any atom is -0.490 e. The molecule has 0 amide bonds. The highest BCUT2D eigenvalue weighted by Crippen LogP contribution is 2.37. The lowest BCUT2D eigenvalue weighted by Crippen LogP contribution is -2.28. The van der Waals surface area contributed by atoms with Crippen molar-refractivity contribution in [3.63, 3.8) is 0 Å². The Kier molecular flexibility index (Phi) is 4.48. The number of hydrogen-bond acceptors (Lipinski definition) is 4. The molecule has 3 rings (SSSR count). The summed E-state index contributed by atoms with van der Waals surface area (Å²) < 4.78 is 12.5. The zero-order valence-corrected chi connectivity index (χ0v) is 13.1. The molecule has 5 heteroatoms. The van der Waals surface area contributed by atoms with Crippen molar-refractivity contribution in [2.24, 2.45) is 0 Å². The van der Waals surface area contributed by atoms with Crippen LogP contribution in [-0.4, -0.2) is 42.4 Å². The molecule has 1 aromatic carbocycles. The number of nitrogens with zero attached hydrogens (tertiary/aromatic N) is 1. The minimum absolute atomic E-state index is 0.207. The Morgan fingerprint density at radius 1 is 1.20 bits per heavy atom. The van der Waals surface area contributed by atoms with Gasteiger partial charge in [-0.15, -0.1) is 0 Å². The maximum atomic E-state index is 9.19. The van der Waals surface area contributed by atoms with Crippen molar-refractivity contribution in [3.05, 3.63) is 22.2 Å². The molecule has 20 heavy (non-hydrogen) atoms. The molecule has 0 bridgehead atoms. The van der Waals surface area contributed by atoms with Crippen LogP contribution in [-0.2, 0) is 6.54 Å². The topological polar surface area (TPSA) is 41.9 Å². The van der Waals surface area contributed by atoms with Crippen LogP contribution in [0, 0.1) is 0 Å². The fourth-order valence-corrected chi connectivity index (χ4v) is 2.97. The Morgan fingerprint density at radius 2 is 1.90 bits per heavy atom. The third kappa shape index (κ3) is 3.27. The Hall–Kier alpha value is -0.780. The molecule has 110 valence electrons. The monoisotopic (exact) mass is 341 g/mol. The summed E-state index contributed by atoms with van der Waals surface area (Å²) in [4.78, 5) is 2.34. The molecule has 0 unspecified atom stereocenters. The smallest absolute Gasteiger partial charge is 0.162 e. The van der Waals surface area contributed by atoms with Crippen molar-refractivity contribution >= 4 is 15.9 Å². The van der Waals surface area contributed by atoms with Crippen molar-refractivity contribution in [2.75, 3.05) is 26.4 Å². The highest BCUT2D eigenvalue weighted by molar-refractivity contribution is 9.10. The molecule has 1 aliphatic carbocycles. The normalized spacial score (nSPS) is 18.1. The summed E-state index contributed by atoms with van der Waals surface area (Å²) in [5, 5.41) is 9.19. The highest BCUT2D eigenvalue weighted by Gasteiger charge is 2.29. The molecule has 0 atom stereocenters. The van der Waals surface area contributed by atoms with E-state index < -0.39 is 0 Å². The summed E-state index contributed by atoms with van der Waals surface area (Å²) in [7, 11) is 0. The third-order valence-corrected chi connectivity index (χ3v) is 4.48. The Balaban J connectivity index is 1.79. The van der Waals surface area contributed by atoms with Gasteiger partial charge in [-0.25, -0.2) is 0 Å². The van der Waals surface area contributed by atoms with E-state index in [1.807, 2.05) is 6.07 Å². The Labute approximate surface area is 127 Å². The molecule has 1 aromatic rings. The van der Waals surface area contributed by atoms with Crippen LogP contribution >= 0.6 is 15.9 Å². The number of aliphatic hydroxyl groups is 1. The first-order valence-corrected chi connectivity index (χ1v) is 8.00. The van der Waals surface area contributed by atoms with Gasteiger partial charge in [0.2, 0.25) is 0 Å². The van der Waals surface area contributed by atoms with Crippen LogP contribution in [0.3, 0.4) is 0 Å². The zero-order valence-electron chi connectivity index (χ0n) is 11.5. The first kappa shape index (κ1) is 14.2. The van der Waals surface area contributed by atoms with Gasteiger partial charge in [0, 0.05) is 30.0 Å². The number of benzene rings is 1. The summed E-state index contributed by atoms with van der Waals surface area (Å²) in [6.45, 7) is 3.18. The van der Waals surface area contributed by atoms with Crippen molar-refractivity contribution < 1.29 is 14.6 Å². The van der Waals surface area contributed by atoms with Gasteiger partial charge in [-0.3, -0.25) is 4.90 Å². The molecule has 4 nitrogen and oxygen atoms in total. The van der Waals surface area contributed by atoms with E-state index in [1.165, 1.54) is 18.4 Å². The van der Waals surface area contributed by atoms with Gasteiger partial charge in [-0.1, -0.05) is 15.9 Å². The van der Waals surface area contributed by atoms with E-state index in [4.69, 9.17) is 9.47 Å². The predicted octanol–water partition coefficient (Wildman–Crippen LogP) is 2.57. The molecule has 0 radical (unpaired) electrons. The van der Waals surface area contributed by atoms with Crippen LogP contribution in [0.1, 0.15) is 24.8 Å². The van der Waals surface area contributed by atoms with E-state index in [1.54, 1.807) is 0 Å². The molecule has 1 N–H and O–H groups in total. The molecule has 0 saturated heterocycles. The van der Waals surface area contributed by atoms with Gasteiger partial charge in [-0.05, 0) is 30.5 Å². The number of aliphatic hydroxyl groups excluding tert-OH is 1. The van der Waals surface area contributed by atoms with Crippen LogP contribution in [0.15, 0.2) is 16.6 Å². The van der Waals surface area contributed by atoms with Gasteiger partial charge >= 0.3 is 0 Å². The van der Waals surface area contributed by atoms with E-state index >= 15 is 0 Å². The first-order chi connectivity index (χ1) is 9.78. The van der Waals surface area contributed by atoms with Crippen LogP contribution in [0.2, 0.25) is 0 Å². The van der Waals surface area contributed by atoms with E-state index in [9.17, 15) is 5.11 Å². The van der Waals surface area contributed by atoms with E-state index in [2.05, 4.69) is 26.9 Å². The van der Waals surface area contributed by atoms with Crippen LogP contribution in [0.5, 0.6) is 11.5 Å². The fourth-order valence-electron chi connectivity index (χ4n) is 2.52. The van der Waals surface area contributed by atoms with Gasteiger partial charge in [0.15, 0.2) is 11.5 Å². The summed E-state index contributed by atoms with van der Waals surface area (Å²) in [6.07, 6.45) is 3.39. The quantitative estimate of drug-likeness (QED) is 0.893. The number of ether oxygens (including phenoxy) is 2. The molecular weight excluding hydrogens is 322 g/mol. The van der Waals surface area contributed by atoms with Crippen LogP contribution < -0.4 is 9.47 Å². The second kappa shape index (κ2) is 6.33. The minimum atomic E-state index is 0.207. The molecule has 1 saturated carbocycles. The molecule has 0 aromatic heterocycles. The average Bonchev–Trinajstić information content (AvgIpc) is 3.25.